The number of carbonyl (C=O) groups is 1. The van der Waals surface area contributed by atoms with Crippen molar-refractivity contribution in [1.29, 1.82) is 0 Å². The average Bonchev–Trinajstić information content (AvgIpc) is 3.15. The third-order valence-electron chi connectivity index (χ3n) is 3.10. The first-order chi connectivity index (χ1) is 11.2. The molecule has 0 aliphatic rings. The monoisotopic (exact) mass is 348 g/mol. The molecule has 0 radical (unpaired) electrons. The first kappa shape index (κ1) is 15.8. The zero-order valence-corrected chi connectivity index (χ0v) is 13.9. The lowest BCUT2D eigenvalue weighted by Crippen LogP contribution is -2.26. The van der Waals surface area contributed by atoms with Crippen LogP contribution in [-0.4, -0.2) is 38.4 Å². The Morgan fingerprint density at radius 2 is 2.22 bits per heavy atom. The molecule has 4 N–H and O–H groups in total. The van der Waals surface area contributed by atoms with Gasteiger partial charge >= 0.3 is 0 Å². The molecule has 0 fully saturated rings. The summed E-state index contributed by atoms with van der Waals surface area (Å²) in [6.45, 7) is 0.620. The molecule has 0 bridgehead atoms. The largest absolute Gasteiger partial charge is 0.374 e. The van der Waals surface area contributed by atoms with Crippen molar-refractivity contribution in [1.82, 2.24) is 25.5 Å². The van der Waals surface area contributed by atoms with E-state index < -0.39 is 0 Å². The maximum Gasteiger partial charge on any atom is 0.230 e. The van der Waals surface area contributed by atoms with Crippen molar-refractivity contribution in [2.45, 2.75) is 17.2 Å². The fraction of sp³-hybridized carbons (Fsp3) is 0.286. The Morgan fingerprint density at radius 3 is 3.00 bits per heavy atom. The number of nitrogen functional groups attached to an aromatic ring is 1. The highest BCUT2D eigenvalue weighted by molar-refractivity contribution is 8.01. The van der Waals surface area contributed by atoms with E-state index in [0.29, 0.717) is 21.8 Å². The minimum atomic E-state index is -0.0200. The molecule has 1 aromatic carbocycles. The molecule has 3 rings (SSSR count). The molecule has 1 amide bonds. The summed E-state index contributed by atoms with van der Waals surface area (Å²) >= 11 is 2.62. The Morgan fingerprint density at radius 1 is 1.35 bits per heavy atom. The second kappa shape index (κ2) is 7.42. The molecule has 120 valence electrons. The van der Waals surface area contributed by atoms with Gasteiger partial charge in [-0.25, -0.2) is 4.98 Å². The highest BCUT2D eigenvalue weighted by Crippen LogP contribution is 2.22. The molecule has 2 heterocycles. The Balaban J connectivity index is 1.36. The lowest BCUT2D eigenvalue weighted by molar-refractivity contribution is -0.118. The van der Waals surface area contributed by atoms with Gasteiger partial charge < -0.3 is 16.0 Å². The second-order valence-electron chi connectivity index (χ2n) is 4.85. The molecule has 0 unspecified atom stereocenters. The SMILES string of the molecule is Nc1nnc(SCC(=O)NCCCc2nc3ccccc3[nH]2)s1. The van der Waals surface area contributed by atoms with Gasteiger partial charge in [-0.05, 0) is 18.6 Å². The van der Waals surface area contributed by atoms with Crippen molar-refractivity contribution in [2.24, 2.45) is 0 Å². The fourth-order valence-corrected chi connectivity index (χ4v) is 3.53. The second-order valence-corrected chi connectivity index (χ2v) is 7.08. The molecule has 0 spiro atoms. The zero-order valence-electron chi connectivity index (χ0n) is 12.3. The van der Waals surface area contributed by atoms with Gasteiger partial charge in [0.25, 0.3) is 0 Å². The van der Waals surface area contributed by atoms with Crippen LogP contribution in [0, 0.1) is 0 Å². The van der Waals surface area contributed by atoms with Crippen LogP contribution in [0.25, 0.3) is 11.0 Å². The van der Waals surface area contributed by atoms with E-state index in [0.717, 1.165) is 29.7 Å². The summed E-state index contributed by atoms with van der Waals surface area (Å²) in [4.78, 5) is 19.5. The molecule has 0 aliphatic heterocycles. The topological polar surface area (TPSA) is 110 Å². The molecule has 0 aliphatic carbocycles. The number of nitrogens with two attached hydrogens (primary N) is 1. The Kier molecular flexibility index (Phi) is 5.09. The molecule has 0 saturated heterocycles. The number of aryl methyl sites for hydroxylation is 1. The summed E-state index contributed by atoms with van der Waals surface area (Å²) in [5.41, 5.74) is 7.50. The minimum absolute atomic E-state index is 0.0200. The van der Waals surface area contributed by atoms with Gasteiger partial charge in [-0.1, -0.05) is 35.2 Å². The van der Waals surface area contributed by atoms with Crippen molar-refractivity contribution in [3.05, 3.63) is 30.1 Å². The van der Waals surface area contributed by atoms with E-state index in [1.54, 1.807) is 0 Å². The molecular weight excluding hydrogens is 332 g/mol. The van der Waals surface area contributed by atoms with Gasteiger partial charge in [-0.2, -0.15) is 0 Å². The van der Waals surface area contributed by atoms with E-state index in [1.165, 1.54) is 23.1 Å². The van der Waals surface area contributed by atoms with Crippen LogP contribution in [0.1, 0.15) is 12.2 Å². The number of H-pyrrole nitrogens is 1. The average molecular weight is 348 g/mol. The van der Waals surface area contributed by atoms with Gasteiger partial charge in [-0.15, -0.1) is 10.2 Å². The quantitative estimate of drug-likeness (QED) is 0.444. The molecule has 23 heavy (non-hydrogen) atoms. The highest BCUT2D eigenvalue weighted by atomic mass is 32.2. The summed E-state index contributed by atoms with van der Waals surface area (Å²) in [6, 6.07) is 7.93. The number of anilines is 1. The van der Waals surface area contributed by atoms with Crippen LogP contribution < -0.4 is 11.1 Å². The molecular formula is C14H16N6OS2. The van der Waals surface area contributed by atoms with Crippen LogP contribution in [0.3, 0.4) is 0 Å². The van der Waals surface area contributed by atoms with Gasteiger partial charge in [0, 0.05) is 13.0 Å². The predicted molar refractivity (Wildman–Crippen MR) is 92.5 cm³/mol. The lowest BCUT2D eigenvalue weighted by atomic mass is 10.3. The normalized spacial score (nSPS) is 11.0. The number of nitrogens with one attached hydrogen (secondary N) is 2. The number of benzene rings is 1. The van der Waals surface area contributed by atoms with Crippen molar-refractivity contribution >= 4 is 45.2 Å². The molecule has 9 heteroatoms. The number of hydrogen-bond donors (Lipinski definition) is 3. The van der Waals surface area contributed by atoms with Gasteiger partial charge in [0.1, 0.15) is 5.82 Å². The van der Waals surface area contributed by atoms with Gasteiger partial charge in [0.05, 0.1) is 16.8 Å². The van der Waals surface area contributed by atoms with Crippen molar-refractivity contribution in [2.75, 3.05) is 18.0 Å². The lowest BCUT2D eigenvalue weighted by Gasteiger charge is -2.03. The van der Waals surface area contributed by atoms with E-state index in [1.807, 2.05) is 24.3 Å². The molecule has 3 aromatic rings. The number of aromatic nitrogens is 4. The molecule has 0 saturated carbocycles. The van der Waals surface area contributed by atoms with Crippen molar-refractivity contribution < 1.29 is 4.79 Å². The number of fused-ring (bicyclic) bond motifs is 1. The Labute approximate surface area is 141 Å². The van der Waals surface area contributed by atoms with Crippen LogP contribution in [0.4, 0.5) is 5.13 Å². The van der Waals surface area contributed by atoms with Crippen molar-refractivity contribution in [3.8, 4) is 0 Å². The first-order valence-corrected chi connectivity index (χ1v) is 8.93. The van der Waals surface area contributed by atoms with Gasteiger partial charge in [0.15, 0.2) is 4.34 Å². The minimum Gasteiger partial charge on any atom is -0.374 e. The number of nitrogens with zero attached hydrogens (tertiary/aromatic N) is 3. The van der Waals surface area contributed by atoms with Gasteiger partial charge in [-0.3, -0.25) is 4.79 Å². The number of aromatic amines is 1. The summed E-state index contributed by atoms with van der Waals surface area (Å²) in [5, 5.41) is 10.9. The number of carbonyl (C=O) groups excluding carboxylic acids is 1. The number of hydrogen-bond acceptors (Lipinski definition) is 7. The maximum absolute atomic E-state index is 11.7. The summed E-state index contributed by atoms with van der Waals surface area (Å²) in [5.74, 6) is 1.24. The third kappa shape index (κ3) is 4.42. The van der Waals surface area contributed by atoms with E-state index in [-0.39, 0.29) is 5.91 Å². The van der Waals surface area contributed by atoms with E-state index in [9.17, 15) is 4.79 Å². The Hall–Kier alpha value is -2.13. The molecule has 7 nitrogen and oxygen atoms in total. The fourth-order valence-electron chi connectivity index (χ4n) is 2.06. The zero-order chi connectivity index (χ0) is 16.1. The smallest absolute Gasteiger partial charge is 0.230 e. The van der Waals surface area contributed by atoms with Crippen LogP contribution in [0.2, 0.25) is 0 Å². The summed E-state index contributed by atoms with van der Waals surface area (Å²) in [7, 11) is 0. The number of amides is 1. The van der Waals surface area contributed by atoms with E-state index in [2.05, 4.69) is 25.5 Å². The Bertz CT molecular complexity index is 766. The van der Waals surface area contributed by atoms with Gasteiger partial charge in [0.2, 0.25) is 11.0 Å². The van der Waals surface area contributed by atoms with E-state index >= 15 is 0 Å². The maximum atomic E-state index is 11.7. The van der Waals surface area contributed by atoms with Crippen LogP contribution in [-0.2, 0) is 11.2 Å². The molecule has 2 aromatic heterocycles. The molecule has 0 atom stereocenters. The van der Waals surface area contributed by atoms with Crippen molar-refractivity contribution in [3.63, 3.8) is 0 Å². The van der Waals surface area contributed by atoms with Crippen LogP contribution >= 0.6 is 23.1 Å². The predicted octanol–water partition coefficient (Wildman–Crippen LogP) is 1.84. The number of thioether (sulfide) groups is 1. The standard InChI is InChI=1S/C14H16N6OS2/c15-13-19-20-14(23-13)22-8-12(21)16-7-3-6-11-17-9-4-1-2-5-10(9)18-11/h1-2,4-5H,3,6-8H2,(H2,15,19)(H,16,21)(H,17,18). The van der Waals surface area contributed by atoms with E-state index in [4.69, 9.17) is 5.73 Å². The first-order valence-electron chi connectivity index (χ1n) is 7.13. The summed E-state index contributed by atoms with van der Waals surface area (Å²) < 4.78 is 0.708. The van der Waals surface area contributed by atoms with Crippen LogP contribution in [0.5, 0.6) is 0 Å². The third-order valence-corrected chi connectivity index (χ3v) is 4.99. The van der Waals surface area contributed by atoms with Crippen LogP contribution in [0.15, 0.2) is 28.6 Å². The summed E-state index contributed by atoms with van der Waals surface area (Å²) in [6.07, 6.45) is 1.64. The number of imidazole rings is 1. The number of para-hydroxylation sites is 2. The number of rotatable bonds is 7. The highest BCUT2D eigenvalue weighted by Gasteiger charge is 2.07.